The molecule has 6 heteroatoms. The van der Waals surface area contributed by atoms with Gasteiger partial charge in [-0.15, -0.1) is 0 Å². The predicted molar refractivity (Wildman–Crippen MR) is 111 cm³/mol. The smallest absolute Gasteiger partial charge is 0.251 e. The predicted octanol–water partition coefficient (Wildman–Crippen LogP) is 3.51. The van der Waals surface area contributed by atoms with Crippen LogP contribution in [0.15, 0.2) is 36.4 Å². The summed E-state index contributed by atoms with van der Waals surface area (Å²) in [4.78, 5) is 27.3. The zero-order valence-electron chi connectivity index (χ0n) is 17.7. The maximum absolute atomic E-state index is 13.1. The Morgan fingerprint density at radius 3 is 2.39 bits per heavy atom. The summed E-state index contributed by atoms with van der Waals surface area (Å²) >= 11 is 0. The number of nitrogens with one attached hydrogen (secondary N) is 2. The highest BCUT2D eigenvalue weighted by molar-refractivity contribution is 5.97. The number of benzene rings is 1. The Labute approximate surface area is 167 Å². The van der Waals surface area contributed by atoms with Gasteiger partial charge in [0.15, 0.2) is 0 Å². The van der Waals surface area contributed by atoms with E-state index in [9.17, 15) is 9.59 Å². The van der Waals surface area contributed by atoms with E-state index in [-0.39, 0.29) is 23.1 Å². The van der Waals surface area contributed by atoms with E-state index in [1.165, 1.54) is 0 Å². The molecule has 2 N–H and O–H groups in total. The minimum Gasteiger partial charge on any atom is -0.340 e. The highest BCUT2D eigenvalue weighted by Gasteiger charge is 2.29. The molecule has 6 nitrogen and oxygen atoms in total. The fourth-order valence-corrected chi connectivity index (χ4v) is 2.89. The summed E-state index contributed by atoms with van der Waals surface area (Å²) in [5.74, 6) is -0.315. The first-order valence-corrected chi connectivity index (χ1v) is 9.79. The van der Waals surface area contributed by atoms with Crippen LogP contribution in [0.25, 0.3) is 0 Å². The normalized spacial score (nSPS) is 13.6. The molecule has 1 heterocycles. The highest BCUT2D eigenvalue weighted by Crippen LogP contribution is 2.21. The van der Waals surface area contributed by atoms with Gasteiger partial charge in [-0.3, -0.25) is 14.7 Å². The summed E-state index contributed by atoms with van der Waals surface area (Å²) in [6, 6.07) is 10.4. The van der Waals surface area contributed by atoms with Crippen LogP contribution >= 0.6 is 0 Å². The van der Waals surface area contributed by atoms with E-state index in [4.69, 9.17) is 0 Å². The summed E-state index contributed by atoms with van der Waals surface area (Å²) in [7, 11) is 1.75. The van der Waals surface area contributed by atoms with Crippen molar-refractivity contribution in [3.8, 4) is 0 Å². The third-order valence-corrected chi connectivity index (χ3v) is 4.98. The van der Waals surface area contributed by atoms with Gasteiger partial charge in [0.2, 0.25) is 5.91 Å². The van der Waals surface area contributed by atoms with Crippen molar-refractivity contribution in [2.45, 2.75) is 59.0 Å². The van der Waals surface area contributed by atoms with Crippen molar-refractivity contribution in [2.24, 2.45) is 5.92 Å². The Kier molecular flexibility index (Phi) is 7.00. The number of likely N-dealkylation sites (N-methyl/N-ethyl adjacent to an activating group) is 1. The van der Waals surface area contributed by atoms with E-state index in [1.807, 2.05) is 38.1 Å². The molecule has 0 aliphatic rings. The van der Waals surface area contributed by atoms with Crippen LogP contribution in [0.4, 0.5) is 0 Å². The molecule has 0 aliphatic heterocycles. The Morgan fingerprint density at radius 1 is 1.21 bits per heavy atom. The summed E-state index contributed by atoms with van der Waals surface area (Å²) in [6.07, 6.45) is 0.789. The van der Waals surface area contributed by atoms with E-state index >= 15 is 0 Å². The van der Waals surface area contributed by atoms with Crippen LogP contribution in [-0.2, 0) is 16.8 Å². The Balaban J connectivity index is 2.11. The number of H-pyrrole nitrogens is 1. The highest BCUT2D eigenvalue weighted by atomic mass is 16.2. The molecule has 0 aliphatic carbocycles. The fraction of sp³-hybridized carbons (Fsp3) is 0.500. The number of rotatable bonds is 7. The van der Waals surface area contributed by atoms with Gasteiger partial charge in [0.1, 0.15) is 6.04 Å². The molecule has 0 saturated carbocycles. The average Bonchev–Trinajstić information content (AvgIpc) is 3.14. The number of hydrogen-bond acceptors (Lipinski definition) is 3. The molecule has 0 saturated heterocycles. The largest absolute Gasteiger partial charge is 0.340 e. The number of aromatic amines is 1. The minimum atomic E-state index is -0.576. The molecule has 0 bridgehead atoms. The van der Waals surface area contributed by atoms with Gasteiger partial charge >= 0.3 is 0 Å². The topological polar surface area (TPSA) is 78.1 Å². The van der Waals surface area contributed by atoms with Gasteiger partial charge < -0.3 is 10.2 Å². The third kappa shape index (κ3) is 5.44. The summed E-state index contributed by atoms with van der Waals surface area (Å²) in [6.45, 7) is 10.7. The number of carbonyl (C=O) groups is 2. The molecule has 2 amide bonds. The summed E-state index contributed by atoms with van der Waals surface area (Å²) < 4.78 is 0. The van der Waals surface area contributed by atoms with E-state index in [1.54, 1.807) is 24.1 Å². The molecule has 0 unspecified atom stereocenters. The molecular formula is C22H32N4O2. The van der Waals surface area contributed by atoms with Crippen molar-refractivity contribution in [1.29, 1.82) is 0 Å². The molecule has 28 heavy (non-hydrogen) atoms. The van der Waals surface area contributed by atoms with Gasteiger partial charge in [-0.2, -0.15) is 5.10 Å². The van der Waals surface area contributed by atoms with Crippen molar-refractivity contribution in [3.05, 3.63) is 53.3 Å². The zero-order valence-corrected chi connectivity index (χ0v) is 17.7. The van der Waals surface area contributed by atoms with Crippen LogP contribution in [0.3, 0.4) is 0 Å². The summed E-state index contributed by atoms with van der Waals surface area (Å²) in [5, 5.41) is 10.3. The lowest BCUT2D eigenvalue weighted by molar-refractivity contribution is -0.133. The number of hydrogen-bond donors (Lipinski definition) is 2. The van der Waals surface area contributed by atoms with E-state index in [0.29, 0.717) is 12.1 Å². The zero-order chi connectivity index (χ0) is 20.9. The van der Waals surface area contributed by atoms with Crippen LogP contribution in [0.5, 0.6) is 0 Å². The maximum atomic E-state index is 13.1. The number of carbonyl (C=O) groups excluding carboxylic acids is 2. The molecule has 2 rings (SSSR count). The lowest BCUT2D eigenvalue weighted by Crippen LogP contribution is -2.50. The average molecular weight is 385 g/mol. The van der Waals surface area contributed by atoms with Crippen LogP contribution in [0.1, 0.15) is 62.8 Å². The van der Waals surface area contributed by atoms with Crippen molar-refractivity contribution in [3.63, 3.8) is 0 Å². The van der Waals surface area contributed by atoms with E-state index < -0.39 is 6.04 Å². The van der Waals surface area contributed by atoms with Gasteiger partial charge in [0.25, 0.3) is 5.91 Å². The van der Waals surface area contributed by atoms with Gasteiger partial charge in [0.05, 0.1) is 17.9 Å². The first kappa shape index (κ1) is 21.7. The maximum Gasteiger partial charge on any atom is 0.251 e. The SMILES string of the molecule is CC[C@H](C)[C@H](NC(=O)c1ccccc1)C(=O)N(C)Cc1cc(C(C)(C)C)n[nH]1. The van der Waals surface area contributed by atoms with Gasteiger partial charge in [-0.1, -0.05) is 59.2 Å². The lowest BCUT2D eigenvalue weighted by Gasteiger charge is -2.28. The molecule has 0 fully saturated rings. The van der Waals surface area contributed by atoms with Gasteiger partial charge in [-0.05, 0) is 24.1 Å². The van der Waals surface area contributed by atoms with Crippen LogP contribution < -0.4 is 5.32 Å². The summed E-state index contributed by atoms with van der Waals surface area (Å²) in [5.41, 5.74) is 2.33. The lowest BCUT2D eigenvalue weighted by atomic mass is 9.92. The van der Waals surface area contributed by atoms with Crippen molar-refractivity contribution in [1.82, 2.24) is 20.4 Å². The van der Waals surface area contributed by atoms with Crippen LogP contribution in [-0.4, -0.2) is 40.0 Å². The molecule has 2 atom stereocenters. The molecule has 2 aromatic rings. The van der Waals surface area contributed by atoms with Crippen LogP contribution in [0.2, 0.25) is 0 Å². The Bertz CT molecular complexity index is 792. The molecule has 152 valence electrons. The second kappa shape index (κ2) is 9.04. The second-order valence-electron chi connectivity index (χ2n) is 8.43. The van der Waals surface area contributed by atoms with Crippen molar-refractivity contribution < 1.29 is 9.59 Å². The third-order valence-electron chi connectivity index (χ3n) is 4.98. The molecule has 1 aromatic carbocycles. The molecule has 0 radical (unpaired) electrons. The first-order valence-electron chi connectivity index (χ1n) is 9.79. The van der Waals surface area contributed by atoms with E-state index in [0.717, 1.165) is 17.8 Å². The number of aromatic nitrogens is 2. The van der Waals surface area contributed by atoms with Gasteiger partial charge in [0, 0.05) is 18.0 Å². The van der Waals surface area contributed by atoms with Gasteiger partial charge in [-0.25, -0.2) is 0 Å². The number of amides is 2. The minimum absolute atomic E-state index is 0.0227. The quantitative estimate of drug-likeness (QED) is 0.767. The molecule has 0 spiro atoms. The molecule has 1 aromatic heterocycles. The number of nitrogens with zero attached hydrogens (tertiary/aromatic N) is 2. The second-order valence-corrected chi connectivity index (χ2v) is 8.43. The Morgan fingerprint density at radius 2 is 1.86 bits per heavy atom. The van der Waals surface area contributed by atoms with Crippen molar-refractivity contribution >= 4 is 11.8 Å². The Hall–Kier alpha value is -2.63. The van der Waals surface area contributed by atoms with Crippen molar-refractivity contribution in [2.75, 3.05) is 7.05 Å². The monoisotopic (exact) mass is 384 g/mol. The standard InChI is InChI=1S/C22H32N4O2/c1-7-15(2)19(23-20(27)16-11-9-8-10-12-16)21(28)26(6)14-17-13-18(25-24-17)22(3,4)5/h8-13,15,19H,7,14H2,1-6H3,(H,23,27)(H,24,25)/t15-,19-/m0/s1. The fourth-order valence-electron chi connectivity index (χ4n) is 2.89. The first-order chi connectivity index (χ1) is 13.1. The molecular weight excluding hydrogens is 352 g/mol. The van der Waals surface area contributed by atoms with E-state index in [2.05, 4.69) is 36.3 Å². The van der Waals surface area contributed by atoms with Crippen LogP contribution in [0, 0.1) is 5.92 Å².